The summed E-state index contributed by atoms with van der Waals surface area (Å²) in [6, 6.07) is 22.1. The second-order valence-corrected chi connectivity index (χ2v) is 7.41. The molecule has 0 saturated carbocycles. The molecule has 2 atom stereocenters. The molecule has 0 aliphatic rings. The van der Waals surface area contributed by atoms with Crippen molar-refractivity contribution in [2.75, 3.05) is 0 Å². The maximum Gasteiger partial charge on any atom is 0.312 e. The number of carbonyl (C=O) groups is 1. The molecule has 31 heavy (non-hydrogen) atoms. The summed E-state index contributed by atoms with van der Waals surface area (Å²) in [5.41, 5.74) is -0.819. The maximum atomic E-state index is 13.6. The molecule has 0 aliphatic carbocycles. The van der Waals surface area contributed by atoms with Gasteiger partial charge in [-0.25, -0.2) is 0 Å². The van der Waals surface area contributed by atoms with Crippen molar-refractivity contribution in [2.24, 2.45) is 4.36 Å². The van der Waals surface area contributed by atoms with Crippen LogP contribution in [0.1, 0.15) is 29.7 Å². The molecule has 1 amide bonds. The van der Waals surface area contributed by atoms with Gasteiger partial charge in [0, 0.05) is 12.1 Å². The van der Waals surface area contributed by atoms with Crippen molar-refractivity contribution < 1.29 is 18.1 Å². The number of nitro benzene ring substituents is 1. The first-order valence-electron chi connectivity index (χ1n) is 9.33. The fourth-order valence-electron chi connectivity index (χ4n) is 3.32. The molecule has 3 rings (SSSR count). The van der Waals surface area contributed by atoms with Gasteiger partial charge < -0.3 is 5.32 Å². The fourth-order valence-corrected chi connectivity index (χ4v) is 3.83. The van der Waals surface area contributed by atoms with Gasteiger partial charge in [0.05, 0.1) is 11.0 Å². The summed E-state index contributed by atoms with van der Waals surface area (Å²) in [7, 11) is -2.95. The Morgan fingerprint density at radius 3 is 1.97 bits per heavy atom. The van der Waals surface area contributed by atoms with Crippen LogP contribution in [0.2, 0.25) is 0 Å². The SMILES string of the molecule is CC(NC(=O)C(N=S(=O)=O)(c1ccccc1)c1ccc([N+](=O)[O-])cc1)c1ccccc1. The highest BCUT2D eigenvalue weighted by molar-refractivity contribution is 7.61. The Morgan fingerprint density at radius 2 is 1.45 bits per heavy atom. The summed E-state index contributed by atoms with van der Waals surface area (Å²) < 4.78 is 27.3. The van der Waals surface area contributed by atoms with Crippen LogP contribution in [0, 0.1) is 10.1 Å². The van der Waals surface area contributed by atoms with E-state index < -0.39 is 32.9 Å². The van der Waals surface area contributed by atoms with Crippen molar-refractivity contribution in [3.8, 4) is 0 Å². The van der Waals surface area contributed by atoms with E-state index in [2.05, 4.69) is 9.68 Å². The maximum absolute atomic E-state index is 13.6. The molecule has 0 bridgehead atoms. The molecule has 158 valence electrons. The molecule has 1 N–H and O–H groups in total. The lowest BCUT2D eigenvalue weighted by molar-refractivity contribution is -0.384. The highest BCUT2D eigenvalue weighted by atomic mass is 32.2. The number of nitro groups is 1. The predicted molar refractivity (Wildman–Crippen MR) is 115 cm³/mol. The van der Waals surface area contributed by atoms with E-state index in [-0.39, 0.29) is 11.3 Å². The highest BCUT2D eigenvalue weighted by Gasteiger charge is 2.44. The predicted octanol–water partition coefficient (Wildman–Crippen LogP) is 3.78. The van der Waals surface area contributed by atoms with Crippen molar-refractivity contribution in [3.05, 3.63) is 112 Å². The van der Waals surface area contributed by atoms with Crippen LogP contribution in [0.25, 0.3) is 0 Å². The summed E-state index contributed by atoms with van der Waals surface area (Å²) in [5, 5.41) is 13.9. The third-order valence-electron chi connectivity index (χ3n) is 4.87. The first-order valence-corrected chi connectivity index (χ1v) is 10.4. The minimum Gasteiger partial charge on any atom is -0.347 e. The van der Waals surface area contributed by atoms with Crippen molar-refractivity contribution >= 4 is 22.1 Å². The summed E-state index contributed by atoms with van der Waals surface area (Å²) in [6.07, 6.45) is 0. The Hall–Kier alpha value is -3.85. The zero-order valence-electron chi connectivity index (χ0n) is 16.5. The number of rotatable bonds is 7. The van der Waals surface area contributed by atoms with Gasteiger partial charge >= 0.3 is 10.5 Å². The van der Waals surface area contributed by atoms with Gasteiger partial charge in [-0.05, 0) is 35.7 Å². The summed E-state index contributed by atoms with van der Waals surface area (Å²) in [4.78, 5) is 24.1. The third-order valence-corrected chi connectivity index (χ3v) is 5.30. The lowest BCUT2D eigenvalue weighted by Crippen LogP contribution is -2.45. The smallest absolute Gasteiger partial charge is 0.312 e. The molecule has 0 aliphatic heterocycles. The third kappa shape index (κ3) is 4.67. The van der Waals surface area contributed by atoms with E-state index >= 15 is 0 Å². The fraction of sp³-hybridized carbons (Fsp3) is 0.136. The van der Waals surface area contributed by atoms with Crippen LogP contribution in [-0.4, -0.2) is 19.2 Å². The van der Waals surface area contributed by atoms with Gasteiger partial charge in [-0.1, -0.05) is 60.7 Å². The quantitative estimate of drug-likeness (QED) is 0.446. The number of carbonyl (C=O) groups excluding carboxylic acids is 1. The Morgan fingerprint density at radius 1 is 0.935 bits per heavy atom. The lowest BCUT2D eigenvalue weighted by Gasteiger charge is -2.29. The normalized spacial score (nSPS) is 13.5. The number of benzene rings is 3. The second-order valence-electron chi connectivity index (χ2n) is 6.79. The first-order chi connectivity index (χ1) is 14.8. The van der Waals surface area contributed by atoms with E-state index in [1.54, 1.807) is 37.3 Å². The van der Waals surface area contributed by atoms with Crippen LogP contribution in [0.5, 0.6) is 0 Å². The molecule has 9 heteroatoms. The Balaban J connectivity index is 2.18. The zero-order chi connectivity index (χ0) is 22.4. The van der Waals surface area contributed by atoms with E-state index in [1.165, 1.54) is 24.3 Å². The lowest BCUT2D eigenvalue weighted by atomic mass is 9.82. The molecule has 3 aromatic carbocycles. The van der Waals surface area contributed by atoms with Crippen LogP contribution in [0.4, 0.5) is 5.69 Å². The number of hydrogen-bond donors (Lipinski definition) is 1. The number of nitrogens with zero attached hydrogens (tertiary/aromatic N) is 2. The van der Waals surface area contributed by atoms with Crippen LogP contribution in [-0.2, 0) is 20.8 Å². The van der Waals surface area contributed by atoms with Gasteiger partial charge in [0.1, 0.15) is 0 Å². The number of amides is 1. The highest BCUT2D eigenvalue weighted by Crippen LogP contribution is 2.36. The zero-order valence-corrected chi connectivity index (χ0v) is 17.3. The first kappa shape index (κ1) is 21.8. The van der Waals surface area contributed by atoms with Crippen LogP contribution in [0.15, 0.2) is 89.3 Å². The van der Waals surface area contributed by atoms with E-state index in [9.17, 15) is 23.3 Å². The van der Waals surface area contributed by atoms with Gasteiger partial charge in [-0.3, -0.25) is 14.9 Å². The Labute approximate surface area is 180 Å². The van der Waals surface area contributed by atoms with Crippen LogP contribution in [0.3, 0.4) is 0 Å². The van der Waals surface area contributed by atoms with E-state index in [0.29, 0.717) is 5.56 Å². The van der Waals surface area contributed by atoms with Crippen molar-refractivity contribution in [2.45, 2.75) is 18.5 Å². The average Bonchev–Trinajstić information content (AvgIpc) is 2.78. The molecule has 0 radical (unpaired) electrons. The molecule has 0 spiro atoms. The monoisotopic (exact) mass is 437 g/mol. The van der Waals surface area contributed by atoms with E-state index in [4.69, 9.17) is 0 Å². The van der Waals surface area contributed by atoms with Gasteiger partial charge in [0.2, 0.25) is 5.54 Å². The van der Waals surface area contributed by atoms with Gasteiger partial charge in [0.25, 0.3) is 11.6 Å². The van der Waals surface area contributed by atoms with Gasteiger partial charge in [-0.2, -0.15) is 8.42 Å². The molecule has 2 unspecified atom stereocenters. The summed E-state index contributed by atoms with van der Waals surface area (Å²) >= 11 is 0. The minimum absolute atomic E-state index is 0.186. The average molecular weight is 437 g/mol. The van der Waals surface area contributed by atoms with E-state index in [1.807, 2.05) is 30.3 Å². The Bertz CT molecular complexity index is 1210. The largest absolute Gasteiger partial charge is 0.347 e. The molecular formula is C22H19N3O5S. The molecule has 3 aromatic rings. The van der Waals surface area contributed by atoms with Crippen molar-refractivity contribution in [1.29, 1.82) is 0 Å². The standard InChI is InChI=1S/C22H19N3O5S/c1-16(17-8-4-2-5-9-17)23-21(26)22(24-31(29)30,18-10-6-3-7-11-18)19-12-14-20(15-13-19)25(27)28/h2-16H,1H3,(H,23,26). The summed E-state index contributed by atoms with van der Waals surface area (Å²) in [5.74, 6) is -0.673. The molecule has 0 heterocycles. The molecular weight excluding hydrogens is 418 g/mol. The van der Waals surface area contributed by atoms with Gasteiger partial charge in [-0.15, -0.1) is 4.36 Å². The summed E-state index contributed by atoms with van der Waals surface area (Å²) in [6.45, 7) is 1.77. The number of nitrogens with one attached hydrogen (secondary N) is 1. The van der Waals surface area contributed by atoms with Crippen molar-refractivity contribution in [3.63, 3.8) is 0 Å². The second kappa shape index (κ2) is 9.31. The van der Waals surface area contributed by atoms with E-state index in [0.717, 1.165) is 5.56 Å². The topological polar surface area (TPSA) is 119 Å². The molecule has 0 aromatic heterocycles. The van der Waals surface area contributed by atoms with Crippen molar-refractivity contribution in [1.82, 2.24) is 5.32 Å². The minimum atomic E-state index is -2.95. The van der Waals surface area contributed by atoms with Crippen LogP contribution < -0.4 is 5.32 Å². The number of hydrogen-bond acceptors (Lipinski definition) is 6. The molecule has 0 fully saturated rings. The Kier molecular flexibility index (Phi) is 6.56. The number of non-ortho nitro benzene ring substituents is 1. The van der Waals surface area contributed by atoms with Gasteiger partial charge in [0.15, 0.2) is 0 Å². The van der Waals surface area contributed by atoms with Crippen LogP contribution >= 0.6 is 0 Å². The molecule has 8 nitrogen and oxygen atoms in total. The molecule has 0 saturated heterocycles.